The lowest BCUT2D eigenvalue weighted by Crippen LogP contribution is -2.42. The number of benzene rings is 1. The van der Waals surface area contributed by atoms with Crippen LogP contribution < -0.4 is 15.4 Å². The lowest BCUT2D eigenvalue weighted by Gasteiger charge is -2.27. The molecular formula is C28H32N8O2S. The van der Waals surface area contributed by atoms with Gasteiger partial charge in [0.1, 0.15) is 41.7 Å². The van der Waals surface area contributed by atoms with Gasteiger partial charge >= 0.3 is 0 Å². The number of ether oxygens (including phenoxy) is 1. The molecule has 1 saturated heterocycles. The molecule has 3 aromatic heterocycles. The summed E-state index contributed by atoms with van der Waals surface area (Å²) in [5, 5.41) is 13.9. The van der Waals surface area contributed by atoms with Gasteiger partial charge in [0, 0.05) is 69.5 Å². The number of nitrogens with one attached hydrogen (secondary N) is 3. The predicted molar refractivity (Wildman–Crippen MR) is 156 cm³/mol. The van der Waals surface area contributed by atoms with Crippen molar-refractivity contribution >= 4 is 34.4 Å². The highest BCUT2D eigenvalue weighted by atomic mass is 32.2. The van der Waals surface area contributed by atoms with Crippen molar-refractivity contribution in [2.24, 2.45) is 0 Å². The fourth-order valence-corrected chi connectivity index (χ4v) is 5.53. The van der Waals surface area contributed by atoms with E-state index in [9.17, 15) is 4.55 Å². The molecule has 1 aromatic carbocycles. The summed E-state index contributed by atoms with van der Waals surface area (Å²) in [7, 11) is 1.82. The molecule has 0 aliphatic carbocycles. The van der Waals surface area contributed by atoms with Crippen LogP contribution in [0, 0.1) is 5.41 Å². The van der Waals surface area contributed by atoms with Crippen LogP contribution in [0.15, 0.2) is 67.4 Å². The van der Waals surface area contributed by atoms with E-state index in [1.54, 1.807) is 18.7 Å². The minimum absolute atomic E-state index is 0.580. The quantitative estimate of drug-likeness (QED) is 0.194. The molecule has 5 rings (SSSR count). The molecule has 39 heavy (non-hydrogen) atoms. The Hall–Kier alpha value is -3.93. The predicted octanol–water partition coefficient (Wildman–Crippen LogP) is 3.06. The van der Waals surface area contributed by atoms with Gasteiger partial charge in [-0.15, -0.1) is 0 Å². The van der Waals surface area contributed by atoms with Crippen LogP contribution in [-0.2, 0) is 17.7 Å². The van der Waals surface area contributed by atoms with E-state index >= 15 is 0 Å². The Morgan fingerprint density at radius 3 is 2.72 bits per heavy atom. The molecule has 1 aliphatic rings. The first-order valence-electron chi connectivity index (χ1n) is 12.8. The number of anilines is 1. The average molecular weight is 545 g/mol. The van der Waals surface area contributed by atoms with Crippen LogP contribution in [-0.4, -0.2) is 79.8 Å². The van der Waals surface area contributed by atoms with Crippen LogP contribution in [0.5, 0.6) is 5.75 Å². The Morgan fingerprint density at radius 2 is 1.95 bits per heavy atom. The Morgan fingerprint density at radius 1 is 1.13 bits per heavy atom. The van der Waals surface area contributed by atoms with E-state index in [4.69, 9.17) is 10.1 Å². The number of allylic oxidation sites excluding steroid dienone is 1. The number of rotatable bonds is 11. The zero-order valence-electron chi connectivity index (χ0n) is 21.8. The van der Waals surface area contributed by atoms with E-state index in [0.717, 1.165) is 76.4 Å². The number of nitrogens with zero attached hydrogens (tertiary/aromatic N) is 5. The van der Waals surface area contributed by atoms with Gasteiger partial charge in [0.15, 0.2) is 0 Å². The van der Waals surface area contributed by atoms with Crippen LogP contribution >= 0.6 is 0 Å². The smallest absolute Gasteiger partial charge is 0.140 e. The molecule has 0 amide bonds. The molecule has 202 valence electrons. The second kappa shape index (κ2) is 12.7. The van der Waals surface area contributed by atoms with Crippen molar-refractivity contribution in [1.82, 2.24) is 29.6 Å². The van der Waals surface area contributed by atoms with E-state index in [1.165, 1.54) is 6.21 Å². The van der Waals surface area contributed by atoms with Crippen molar-refractivity contribution < 1.29 is 9.29 Å². The molecular weight excluding hydrogens is 512 g/mol. The van der Waals surface area contributed by atoms with Crippen molar-refractivity contribution in [3.05, 3.63) is 78.5 Å². The topological polar surface area (TPSA) is 127 Å². The summed E-state index contributed by atoms with van der Waals surface area (Å²) in [6.07, 6.45) is 8.43. The molecule has 0 spiro atoms. The number of imidazole rings is 1. The Bertz CT molecular complexity index is 1430. The van der Waals surface area contributed by atoms with Crippen LogP contribution in [0.1, 0.15) is 11.1 Å². The van der Waals surface area contributed by atoms with Gasteiger partial charge in [-0.2, -0.15) is 0 Å². The van der Waals surface area contributed by atoms with E-state index in [2.05, 4.69) is 30.5 Å². The summed E-state index contributed by atoms with van der Waals surface area (Å²) in [5.41, 5.74) is 5.31. The van der Waals surface area contributed by atoms with E-state index in [1.807, 2.05) is 60.1 Å². The molecule has 3 N–H and O–H groups in total. The molecule has 4 aromatic rings. The van der Waals surface area contributed by atoms with Crippen molar-refractivity contribution in [1.29, 1.82) is 5.41 Å². The van der Waals surface area contributed by atoms with Crippen LogP contribution in [0.25, 0.3) is 22.6 Å². The molecule has 0 radical (unpaired) electrons. The van der Waals surface area contributed by atoms with E-state index in [-0.39, 0.29) is 0 Å². The number of aromatic nitrogens is 4. The highest BCUT2D eigenvalue weighted by Crippen LogP contribution is 2.23. The van der Waals surface area contributed by atoms with Gasteiger partial charge in [0.05, 0.1) is 17.6 Å². The number of pyridine rings is 1. The average Bonchev–Trinajstić information content (AvgIpc) is 3.40. The maximum absolute atomic E-state index is 11.5. The lowest BCUT2D eigenvalue weighted by molar-refractivity contribution is 0.219. The third-order valence-electron chi connectivity index (χ3n) is 6.58. The maximum Gasteiger partial charge on any atom is 0.140 e. The van der Waals surface area contributed by atoms with Gasteiger partial charge < -0.3 is 25.3 Å². The summed E-state index contributed by atoms with van der Waals surface area (Å²) >= 11 is -0.663. The van der Waals surface area contributed by atoms with Gasteiger partial charge in [0.2, 0.25) is 0 Å². The van der Waals surface area contributed by atoms with E-state index in [0.29, 0.717) is 13.2 Å². The van der Waals surface area contributed by atoms with Crippen molar-refractivity contribution in [2.45, 2.75) is 6.54 Å². The van der Waals surface area contributed by atoms with Gasteiger partial charge in [-0.05, 0) is 17.2 Å². The SMILES string of the molecule is CN/C=C(\C=N)c1ccc(CNc2cc(-c3cnc4cc(OCCN5CC[S+]([O-])CC5)ccn34)ncn2)cc1. The second-order valence-electron chi connectivity index (χ2n) is 9.14. The summed E-state index contributed by atoms with van der Waals surface area (Å²) in [6.45, 7) is 3.73. The van der Waals surface area contributed by atoms with Gasteiger partial charge in [0.25, 0.3) is 0 Å². The molecule has 0 saturated carbocycles. The van der Waals surface area contributed by atoms with Crippen LogP contribution in [0.2, 0.25) is 0 Å². The minimum Gasteiger partial charge on any atom is -0.616 e. The summed E-state index contributed by atoms with van der Waals surface area (Å²) < 4.78 is 19.5. The molecule has 0 unspecified atom stereocenters. The highest BCUT2D eigenvalue weighted by molar-refractivity contribution is 7.91. The fraction of sp³-hybridized carbons (Fsp3) is 0.286. The number of fused-ring (bicyclic) bond motifs is 1. The molecule has 0 bridgehead atoms. The molecule has 10 nitrogen and oxygen atoms in total. The molecule has 1 fully saturated rings. The van der Waals surface area contributed by atoms with Crippen molar-refractivity contribution in [3.8, 4) is 17.1 Å². The Balaban J connectivity index is 1.20. The summed E-state index contributed by atoms with van der Waals surface area (Å²) in [6, 6.07) is 13.9. The molecule has 0 atom stereocenters. The fourth-order valence-electron chi connectivity index (χ4n) is 4.40. The Labute approximate surface area is 230 Å². The van der Waals surface area contributed by atoms with Gasteiger partial charge in [-0.1, -0.05) is 35.4 Å². The van der Waals surface area contributed by atoms with Crippen molar-refractivity contribution in [3.63, 3.8) is 0 Å². The van der Waals surface area contributed by atoms with Crippen molar-refractivity contribution in [2.75, 3.05) is 50.1 Å². The molecule has 11 heteroatoms. The third-order valence-corrected chi connectivity index (χ3v) is 7.85. The van der Waals surface area contributed by atoms with Crippen LogP contribution in [0.4, 0.5) is 5.82 Å². The second-order valence-corrected chi connectivity index (χ2v) is 10.8. The zero-order chi connectivity index (χ0) is 27.0. The first-order chi connectivity index (χ1) is 19.1. The van der Waals surface area contributed by atoms with Gasteiger partial charge in [-0.25, -0.2) is 15.0 Å². The molecule has 4 heterocycles. The first kappa shape index (κ1) is 26.7. The third kappa shape index (κ3) is 6.75. The number of hydrogen-bond donors (Lipinski definition) is 3. The normalized spacial score (nSPS) is 14.9. The summed E-state index contributed by atoms with van der Waals surface area (Å²) in [5.74, 6) is 2.98. The highest BCUT2D eigenvalue weighted by Gasteiger charge is 2.19. The first-order valence-corrected chi connectivity index (χ1v) is 14.3. The lowest BCUT2D eigenvalue weighted by atomic mass is 10.1. The zero-order valence-corrected chi connectivity index (χ0v) is 22.7. The standard InChI is InChI=1S/C28H32N8O2S/c1-30-18-23(16-29)22-4-2-21(3-5-22)17-31-27-15-25(33-20-34-27)26-19-32-28-14-24(6-7-36(26)28)38-11-8-35-9-12-39(37)13-10-35/h2-7,14-16,18-20,29-30H,8-13,17H2,1H3,(H,31,33,34)/b23-18+,29-16?. The van der Waals surface area contributed by atoms with Crippen LogP contribution in [0.3, 0.4) is 0 Å². The number of hydrogen-bond acceptors (Lipinski definition) is 9. The van der Waals surface area contributed by atoms with E-state index < -0.39 is 11.2 Å². The largest absolute Gasteiger partial charge is 0.616 e. The van der Waals surface area contributed by atoms with Gasteiger partial charge in [-0.3, -0.25) is 9.30 Å². The maximum atomic E-state index is 11.5. The summed E-state index contributed by atoms with van der Waals surface area (Å²) in [4.78, 5) is 15.7. The molecule has 1 aliphatic heterocycles. The monoisotopic (exact) mass is 544 g/mol. The Kier molecular flexibility index (Phi) is 8.71. The minimum atomic E-state index is -0.663.